The number of aliphatic hydroxyl groups is 1. The van der Waals surface area contributed by atoms with Crippen molar-refractivity contribution >= 4 is 5.69 Å². The molecule has 13 heavy (non-hydrogen) atoms. The second-order valence-corrected chi connectivity index (χ2v) is 3.71. The zero-order valence-electron chi connectivity index (χ0n) is 8.15. The van der Waals surface area contributed by atoms with Crippen LogP contribution >= 0.6 is 0 Å². The lowest BCUT2D eigenvalue weighted by atomic mass is 10.0. The average Bonchev–Trinajstić information content (AvgIpc) is 2.32. The van der Waals surface area contributed by atoms with E-state index in [1.54, 1.807) is 24.7 Å². The maximum Gasteiger partial charge on any atom is 0.127 e. The van der Waals surface area contributed by atoms with Crippen LogP contribution in [0.4, 0.5) is 5.69 Å². The monoisotopic (exact) mass is 184 g/mol. The van der Waals surface area contributed by atoms with Crippen molar-refractivity contribution < 1.29 is 5.11 Å². The molecule has 1 aromatic rings. The lowest BCUT2D eigenvalue weighted by Crippen LogP contribution is -2.45. The summed E-state index contributed by atoms with van der Waals surface area (Å²) in [5, 5.41) is 13.5. The fourth-order valence-corrected chi connectivity index (χ4v) is 0.904. The Morgan fingerprint density at radius 3 is 2.46 bits per heavy atom. The Hall–Kier alpha value is -1.07. The van der Waals surface area contributed by atoms with Gasteiger partial charge in [0.25, 0.3) is 0 Å². The first kappa shape index (κ1) is 10.0. The van der Waals surface area contributed by atoms with Crippen molar-refractivity contribution in [1.82, 2.24) is 9.78 Å². The third-order valence-electron chi connectivity index (χ3n) is 2.25. The molecule has 5 nitrogen and oxygen atoms in total. The summed E-state index contributed by atoms with van der Waals surface area (Å²) in [7, 11) is 0. The van der Waals surface area contributed by atoms with Gasteiger partial charge in [0.05, 0.1) is 16.9 Å². The Balaban J connectivity index is 3.07. The molecule has 0 aliphatic heterocycles. The van der Waals surface area contributed by atoms with Crippen LogP contribution in [0.2, 0.25) is 0 Å². The predicted octanol–water partition coefficient (Wildman–Crippen LogP) is -0.214. The maximum atomic E-state index is 9.31. The van der Waals surface area contributed by atoms with Crippen LogP contribution in [0.5, 0.6) is 0 Å². The molecule has 0 saturated carbocycles. The van der Waals surface area contributed by atoms with Crippen LogP contribution in [-0.4, -0.2) is 21.1 Å². The third kappa shape index (κ3) is 1.66. The Labute approximate surface area is 77.3 Å². The molecular formula is C8H16N4O. The van der Waals surface area contributed by atoms with Crippen molar-refractivity contribution in [1.29, 1.82) is 0 Å². The molecule has 0 spiro atoms. The molecule has 0 aliphatic rings. The number of aryl methyl sites for hydroxylation is 1. The minimum atomic E-state index is -0.966. The van der Waals surface area contributed by atoms with Crippen molar-refractivity contribution in [3.8, 4) is 0 Å². The molecule has 5 N–H and O–H groups in total. The van der Waals surface area contributed by atoms with E-state index in [1.165, 1.54) is 0 Å². The van der Waals surface area contributed by atoms with Crippen molar-refractivity contribution in [2.45, 2.75) is 32.5 Å². The second kappa shape index (κ2) is 3.01. The topological polar surface area (TPSA) is 90.1 Å². The first-order chi connectivity index (χ1) is 5.85. The molecule has 0 fully saturated rings. The quantitative estimate of drug-likeness (QED) is 0.554. The number of hydrogen-bond acceptors (Lipinski definition) is 4. The molecule has 5 heteroatoms. The minimum Gasteiger partial charge on any atom is -0.396 e. The van der Waals surface area contributed by atoms with E-state index in [1.807, 2.05) is 6.92 Å². The lowest BCUT2D eigenvalue weighted by Gasteiger charge is -2.27. The van der Waals surface area contributed by atoms with E-state index in [4.69, 9.17) is 11.5 Å². The van der Waals surface area contributed by atoms with Crippen molar-refractivity contribution in [3.05, 3.63) is 11.9 Å². The van der Waals surface area contributed by atoms with Crippen molar-refractivity contribution in [3.63, 3.8) is 0 Å². The van der Waals surface area contributed by atoms with Crippen LogP contribution in [-0.2, 0) is 5.54 Å². The molecule has 0 aliphatic carbocycles. The number of hydrogen-bond donors (Lipinski definition) is 3. The molecule has 1 atom stereocenters. The SMILES string of the molecule is Cc1nn(C(C)(C)C(N)O)cc1N. The van der Waals surface area contributed by atoms with E-state index in [9.17, 15) is 5.11 Å². The van der Waals surface area contributed by atoms with Crippen LogP contribution in [0.25, 0.3) is 0 Å². The average molecular weight is 184 g/mol. The molecule has 0 amide bonds. The summed E-state index contributed by atoms with van der Waals surface area (Å²) < 4.78 is 1.59. The zero-order valence-corrected chi connectivity index (χ0v) is 8.15. The summed E-state index contributed by atoms with van der Waals surface area (Å²) >= 11 is 0. The normalized spacial score (nSPS) is 14.5. The predicted molar refractivity (Wildman–Crippen MR) is 50.9 cm³/mol. The molecule has 1 aromatic heterocycles. The number of nitrogens with zero attached hydrogens (tertiary/aromatic N) is 2. The second-order valence-electron chi connectivity index (χ2n) is 3.71. The summed E-state index contributed by atoms with van der Waals surface area (Å²) in [6, 6.07) is 0. The van der Waals surface area contributed by atoms with Gasteiger partial charge in [0, 0.05) is 6.20 Å². The highest BCUT2D eigenvalue weighted by atomic mass is 16.3. The molecule has 0 radical (unpaired) electrons. The summed E-state index contributed by atoms with van der Waals surface area (Å²) in [6.07, 6.45) is 0.706. The van der Waals surface area contributed by atoms with Gasteiger partial charge in [0.15, 0.2) is 0 Å². The van der Waals surface area contributed by atoms with E-state index < -0.39 is 11.8 Å². The maximum absolute atomic E-state index is 9.31. The van der Waals surface area contributed by atoms with E-state index in [2.05, 4.69) is 5.10 Å². The number of rotatable bonds is 2. The Morgan fingerprint density at radius 1 is 1.62 bits per heavy atom. The largest absolute Gasteiger partial charge is 0.396 e. The first-order valence-corrected chi connectivity index (χ1v) is 4.11. The van der Waals surface area contributed by atoms with Crippen LogP contribution in [0, 0.1) is 6.92 Å². The van der Waals surface area contributed by atoms with Gasteiger partial charge in [0.2, 0.25) is 0 Å². The standard InChI is InChI=1S/C8H16N4O/c1-5-6(9)4-12(11-5)8(2,3)7(10)13/h4,7,13H,9-10H2,1-3H3. The highest BCUT2D eigenvalue weighted by molar-refractivity contribution is 5.39. The Morgan fingerprint density at radius 2 is 2.15 bits per heavy atom. The number of aromatic nitrogens is 2. The van der Waals surface area contributed by atoms with Crippen LogP contribution < -0.4 is 11.5 Å². The lowest BCUT2D eigenvalue weighted by molar-refractivity contribution is 0.0546. The molecule has 0 aromatic carbocycles. The van der Waals surface area contributed by atoms with Crippen LogP contribution in [0.3, 0.4) is 0 Å². The van der Waals surface area contributed by atoms with Gasteiger partial charge in [-0.1, -0.05) is 0 Å². The third-order valence-corrected chi connectivity index (χ3v) is 2.25. The molecule has 0 bridgehead atoms. The molecule has 1 rings (SSSR count). The summed E-state index contributed by atoms with van der Waals surface area (Å²) in [5.74, 6) is 0. The summed E-state index contributed by atoms with van der Waals surface area (Å²) in [4.78, 5) is 0. The van der Waals surface area contributed by atoms with Crippen LogP contribution in [0.1, 0.15) is 19.5 Å². The summed E-state index contributed by atoms with van der Waals surface area (Å²) in [6.45, 7) is 5.40. The van der Waals surface area contributed by atoms with Gasteiger partial charge >= 0.3 is 0 Å². The smallest absolute Gasteiger partial charge is 0.127 e. The molecule has 0 saturated heterocycles. The van der Waals surface area contributed by atoms with Gasteiger partial charge in [-0.2, -0.15) is 5.10 Å². The minimum absolute atomic E-state index is 0.605. The molecule has 1 heterocycles. The zero-order chi connectivity index (χ0) is 10.2. The van der Waals surface area contributed by atoms with E-state index in [-0.39, 0.29) is 0 Å². The number of nitrogen functional groups attached to an aromatic ring is 1. The van der Waals surface area contributed by atoms with E-state index in [0.717, 1.165) is 5.69 Å². The van der Waals surface area contributed by atoms with Gasteiger partial charge < -0.3 is 16.6 Å². The van der Waals surface area contributed by atoms with E-state index in [0.29, 0.717) is 5.69 Å². The molecule has 1 unspecified atom stereocenters. The molecular weight excluding hydrogens is 168 g/mol. The molecule has 74 valence electrons. The number of anilines is 1. The number of nitrogens with two attached hydrogens (primary N) is 2. The van der Waals surface area contributed by atoms with E-state index >= 15 is 0 Å². The highest BCUT2D eigenvalue weighted by Gasteiger charge is 2.28. The van der Waals surface area contributed by atoms with Crippen molar-refractivity contribution in [2.24, 2.45) is 5.73 Å². The Kier molecular flexibility index (Phi) is 2.32. The highest BCUT2D eigenvalue weighted by Crippen LogP contribution is 2.19. The first-order valence-electron chi connectivity index (χ1n) is 4.11. The van der Waals surface area contributed by atoms with Gasteiger partial charge in [-0.15, -0.1) is 0 Å². The summed E-state index contributed by atoms with van der Waals surface area (Å²) in [5.41, 5.74) is 11.8. The fraction of sp³-hybridized carbons (Fsp3) is 0.625. The number of aliphatic hydroxyl groups excluding tert-OH is 1. The van der Waals surface area contributed by atoms with Gasteiger partial charge in [-0.05, 0) is 20.8 Å². The van der Waals surface area contributed by atoms with Gasteiger partial charge in [-0.25, -0.2) is 0 Å². The van der Waals surface area contributed by atoms with Crippen molar-refractivity contribution in [2.75, 3.05) is 5.73 Å². The fourth-order valence-electron chi connectivity index (χ4n) is 0.904. The van der Waals surface area contributed by atoms with Gasteiger partial charge in [-0.3, -0.25) is 4.68 Å². The van der Waals surface area contributed by atoms with Crippen LogP contribution in [0.15, 0.2) is 6.20 Å². The Bertz CT molecular complexity index is 284. The van der Waals surface area contributed by atoms with Gasteiger partial charge in [0.1, 0.15) is 6.23 Å².